The van der Waals surface area contributed by atoms with Crippen LogP contribution in [0.5, 0.6) is 0 Å². The fraction of sp³-hybridized carbons (Fsp3) is 0.286. The Labute approximate surface area is 174 Å². The minimum absolute atomic E-state index is 0.112. The van der Waals surface area contributed by atoms with E-state index in [0.29, 0.717) is 29.6 Å². The highest BCUT2D eigenvalue weighted by molar-refractivity contribution is 7.89. The number of hydrogen-bond acceptors (Lipinski definition) is 5. The van der Waals surface area contributed by atoms with Crippen LogP contribution in [0.4, 0.5) is 5.69 Å². The van der Waals surface area contributed by atoms with Crippen molar-refractivity contribution < 1.29 is 13.2 Å². The van der Waals surface area contributed by atoms with Gasteiger partial charge in [-0.2, -0.15) is 0 Å². The van der Waals surface area contributed by atoms with Crippen molar-refractivity contribution >= 4 is 32.5 Å². The first kappa shape index (κ1) is 20.2. The van der Waals surface area contributed by atoms with Crippen LogP contribution in [-0.2, 0) is 27.8 Å². The molecule has 4 rings (SSSR count). The summed E-state index contributed by atoms with van der Waals surface area (Å²) < 4.78 is 27.9. The number of anilines is 1. The molecule has 1 N–H and O–H groups in total. The molecule has 9 heteroatoms. The van der Waals surface area contributed by atoms with Gasteiger partial charge in [0.1, 0.15) is 0 Å². The molecule has 3 aromatic rings. The summed E-state index contributed by atoms with van der Waals surface area (Å²) in [4.78, 5) is 31.7. The number of para-hydroxylation sites is 1. The van der Waals surface area contributed by atoms with Crippen molar-refractivity contribution in [2.75, 3.05) is 18.5 Å². The second kappa shape index (κ2) is 7.66. The van der Waals surface area contributed by atoms with E-state index >= 15 is 0 Å². The van der Waals surface area contributed by atoms with Crippen molar-refractivity contribution in [1.82, 2.24) is 14.3 Å². The Bertz CT molecular complexity index is 1310. The van der Waals surface area contributed by atoms with E-state index in [1.807, 2.05) is 19.1 Å². The number of nitrogens with zero attached hydrogens (tertiary/aromatic N) is 3. The van der Waals surface area contributed by atoms with Gasteiger partial charge in [-0.1, -0.05) is 18.2 Å². The summed E-state index contributed by atoms with van der Waals surface area (Å²) >= 11 is 0. The molecule has 0 saturated carbocycles. The van der Waals surface area contributed by atoms with Crippen molar-refractivity contribution in [3.63, 3.8) is 0 Å². The van der Waals surface area contributed by atoms with Crippen LogP contribution in [0.15, 0.2) is 52.4 Å². The van der Waals surface area contributed by atoms with Gasteiger partial charge in [-0.3, -0.25) is 14.2 Å². The van der Waals surface area contributed by atoms with Gasteiger partial charge >= 0.3 is 0 Å². The summed E-state index contributed by atoms with van der Waals surface area (Å²) in [7, 11) is -2.25. The molecule has 0 unspecified atom stereocenters. The molecule has 1 aliphatic rings. The molecule has 0 spiro atoms. The molecule has 156 valence electrons. The summed E-state index contributed by atoms with van der Waals surface area (Å²) in [5.41, 5.74) is 2.95. The highest BCUT2D eigenvalue weighted by Gasteiger charge is 2.26. The molecule has 0 fully saturated rings. The van der Waals surface area contributed by atoms with Gasteiger partial charge in [-0.15, -0.1) is 0 Å². The third kappa shape index (κ3) is 3.50. The molecule has 1 amide bonds. The predicted molar refractivity (Wildman–Crippen MR) is 114 cm³/mol. The van der Waals surface area contributed by atoms with Gasteiger partial charge < -0.3 is 4.90 Å². The van der Waals surface area contributed by atoms with Gasteiger partial charge in [-0.05, 0) is 49.7 Å². The van der Waals surface area contributed by atoms with Crippen molar-refractivity contribution in [1.29, 1.82) is 0 Å². The Morgan fingerprint density at radius 3 is 2.80 bits per heavy atom. The summed E-state index contributed by atoms with van der Waals surface area (Å²) in [6.07, 6.45) is 2.25. The highest BCUT2D eigenvalue weighted by Crippen LogP contribution is 2.31. The average molecular weight is 426 g/mol. The zero-order valence-corrected chi connectivity index (χ0v) is 17.6. The summed E-state index contributed by atoms with van der Waals surface area (Å²) in [6, 6.07) is 10.3. The summed E-state index contributed by atoms with van der Waals surface area (Å²) in [5.74, 6) is -0.163. The van der Waals surface area contributed by atoms with Crippen molar-refractivity contribution in [2.45, 2.75) is 31.2 Å². The SMILES string of the molecule is CNS(=O)(=O)c1ccc2c(c1)N(C(=O)CCn1cnc3c(C)cccc3c1=O)CC2. The zero-order chi connectivity index (χ0) is 21.5. The lowest BCUT2D eigenvalue weighted by atomic mass is 10.1. The lowest BCUT2D eigenvalue weighted by Gasteiger charge is -2.18. The number of amides is 1. The number of aryl methyl sites for hydroxylation is 2. The fourth-order valence-corrected chi connectivity index (χ4v) is 4.50. The Morgan fingerprint density at radius 2 is 2.03 bits per heavy atom. The first-order chi connectivity index (χ1) is 14.3. The van der Waals surface area contributed by atoms with E-state index in [1.54, 1.807) is 23.1 Å². The number of benzene rings is 2. The minimum atomic E-state index is -3.60. The smallest absolute Gasteiger partial charge is 0.261 e. The minimum Gasteiger partial charge on any atom is -0.312 e. The van der Waals surface area contributed by atoms with Gasteiger partial charge in [0.05, 0.1) is 22.1 Å². The van der Waals surface area contributed by atoms with E-state index in [9.17, 15) is 18.0 Å². The molecular formula is C21H22N4O4S. The average Bonchev–Trinajstić information content (AvgIpc) is 3.17. The number of aromatic nitrogens is 2. The molecule has 1 aliphatic heterocycles. The largest absolute Gasteiger partial charge is 0.312 e. The van der Waals surface area contributed by atoms with E-state index in [4.69, 9.17) is 0 Å². The van der Waals surface area contributed by atoms with Gasteiger partial charge in [-0.25, -0.2) is 18.1 Å². The first-order valence-corrected chi connectivity index (χ1v) is 11.1. The van der Waals surface area contributed by atoms with E-state index in [2.05, 4.69) is 9.71 Å². The van der Waals surface area contributed by atoms with E-state index < -0.39 is 10.0 Å². The lowest BCUT2D eigenvalue weighted by molar-refractivity contribution is -0.118. The Hall–Kier alpha value is -3.04. The third-order valence-electron chi connectivity index (χ3n) is 5.45. The molecule has 0 atom stereocenters. The number of fused-ring (bicyclic) bond motifs is 2. The molecule has 0 aliphatic carbocycles. The molecule has 8 nitrogen and oxygen atoms in total. The molecule has 0 saturated heterocycles. The van der Waals surface area contributed by atoms with Crippen molar-refractivity contribution in [3.8, 4) is 0 Å². The second-order valence-electron chi connectivity index (χ2n) is 7.26. The molecule has 2 heterocycles. The maximum atomic E-state index is 12.9. The highest BCUT2D eigenvalue weighted by atomic mass is 32.2. The van der Waals surface area contributed by atoms with E-state index in [-0.39, 0.29) is 29.3 Å². The van der Waals surface area contributed by atoms with Crippen molar-refractivity contribution in [3.05, 3.63) is 64.2 Å². The number of carbonyl (C=O) groups is 1. The number of hydrogen-bond donors (Lipinski definition) is 1. The molecule has 30 heavy (non-hydrogen) atoms. The Balaban J connectivity index is 1.56. The second-order valence-corrected chi connectivity index (χ2v) is 9.14. The molecule has 0 bridgehead atoms. The molecule has 1 aromatic heterocycles. The molecular weight excluding hydrogens is 404 g/mol. The third-order valence-corrected chi connectivity index (χ3v) is 6.87. The summed E-state index contributed by atoms with van der Waals surface area (Å²) in [5, 5.41) is 0.526. The van der Waals surface area contributed by atoms with Crippen LogP contribution in [-0.4, -0.2) is 37.5 Å². The number of nitrogens with one attached hydrogen (secondary N) is 1. The predicted octanol–water partition coefficient (Wildman–Crippen LogP) is 1.59. The van der Waals surface area contributed by atoms with Crippen LogP contribution in [0.3, 0.4) is 0 Å². The van der Waals surface area contributed by atoms with Crippen LogP contribution in [0.25, 0.3) is 10.9 Å². The van der Waals surface area contributed by atoms with Gasteiger partial charge in [0.25, 0.3) is 5.56 Å². The van der Waals surface area contributed by atoms with Crippen molar-refractivity contribution in [2.24, 2.45) is 0 Å². The van der Waals surface area contributed by atoms with Crippen LogP contribution < -0.4 is 15.2 Å². The first-order valence-electron chi connectivity index (χ1n) is 9.63. The maximum Gasteiger partial charge on any atom is 0.261 e. The number of rotatable bonds is 5. The number of sulfonamides is 1. The van der Waals surface area contributed by atoms with Gasteiger partial charge in [0.2, 0.25) is 15.9 Å². The monoisotopic (exact) mass is 426 g/mol. The van der Waals surface area contributed by atoms with Crippen LogP contribution in [0.2, 0.25) is 0 Å². The van der Waals surface area contributed by atoms with Gasteiger partial charge in [0.15, 0.2) is 0 Å². The topological polar surface area (TPSA) is 101 Å². The summed E-state index contributed by atoms with van der Waals surface area (Å²) in [6.45, 7) is 2.59. The van der Waals surface area contributed by atoms with Crippen LogP contribution >= 0.6 is 0 Å². The number of carbonyl (C=O) groups excluding carboxylic acids is 1. The standard InChI is InChI=1S/C21H22N4O4S/c1-14-4-3-5-17-20(14)23-13-24(21(17)27)10-9-19(26)25-11-8-15-6-7-16(12-18(15)25)30(28,29)22-2/h3-7,12-13,22H,8-11H2,1-2H3. The zero-order valence-electron chi connectivity index (χ0n) is 16.8. The van der Waals surface area contributed by atoms with Crippen LogP contribution in [0, 0.1) is 6.92 Å². The van der Waals surface area contributed by atoms with Crippen LogP contribution in [0.1, 0.15) is 17.5 Å². The molecule has 2 aromatic carbocycles. The normalized spacial score (nSPS) is 13.6. The fourth-order valence-electron chi connectivity index (χ4n) is 3.75. The quantitative estimate of drug-likeness (QED) is 0.668. The Kier molecular flexibility index (Phi) is 5.17. The Morgan fingerprint density at radius 1 is 1.23 bits per heavy atom. The molecule has 0 radical (unpaired) electrons. The van der Waals surface area contributed by atoms with E-state index in [0.717, 1.165) is 11.1 Å². The van der Waals surface area contributed by atoms with Gasteiger partial charge in [0, 0.05) is 25.2 Å². The maximum absolute atomic E-state index is 12.9. The lowest BCUT2D eigenvalue weighted by Crippen LogP contribution is -2.31. The van der Waals surface area contributed by atoms with E-state index in [1.165, 1.54) is 24.0 Å².